The molecule has 0 radical (unpaired) electrons. The molecule has 1 aromatic heterocycles. The van der Waals surface area contributed by atoms with Gasteiger partial charge in [0.05, 0.1) is 18.3 Å². The fourth-order valence-electron chi connectivity index (χ4n) is 1.55. The number of hydrogen-bond donors (Lipinski definition) is 1. The molecule has 0 spiro atoms. The molecule has 1 heterocycles. The Morgan fingerprint density at radius 1 is 1.18 bits per heavy atom. The van der Waals surface area contributed by atoms with Crippen molar-refractivity contribution < 1.29 is 4.74 Å². The third kappa shape index (κ3) is 3.43. The van der Waals surface area contributed by atoms with E-state index < -0.39 is 0 Å². The number of rotatable bonds is 3. The number of pyridine rings is 1. The number of ether oxygens (including phenoxy) is 1. The molecule has 3 nitrogen and oxygen atoms in total. The van der Waals surface area contributed by atoms with Crippen LogP contribution in [0, 0.1) is 0 Å². The van der Waals surface area contributed by atoms with Crippen molar-refractivity contribution in [3.63, 3.8) is 0 Å². The first-order chi connectivity index (χ1) is 8.33. The first-order valence-corrected chi connectivity index (χ1v) is 5.92. The highest BCUT2D eigenvalue weighted by molar-refractivity contribution is 5.80. The minimum Gasteiger partial charge on any atom is -0.497 e. The van der Waals surface area contributed by atoms with Gasteiger partial charge in [0.1, 0.15) is 5.75 Å². The third-order valence-corrected chi connectivity index (χ3v) is 2.31. The van der Waals surface area contributed by atoms with E-state index in [1.807, 2.05) is 45.2 Å². The van der Waals surface area contributed by atoms with Gasteiger partial charge in [-0.2, -0.15) is 0 Å². The second-order valence-electron chi connectivity index (χ2n) is 3.39. The Balaban J connectivity index is 0.000000686. The van der Waals surface area contributed by atoms with Gasteiger partial charge in [-0.15, -0.1) is 0 Å². The van der Waals surface area contributed by atoms with E-state index in [9.17, 15) is 0 Å². The highest BCUT2D eigenvalue weighted by Crippen LogP contribution is 2.19. The van der Waals surface area contributed by atoms with Gasteiger partial charge >= 0.3 is 0 Å². The molecule has 0 aliphatic carbocycles. The summed E-state index contributed by atoms with van der Waals surface area (Å²) in [5.41, 5.74) is 2.05. The van der Waals surface area contributed by atoms with Crippen molar-refractivity contribution in [2.24, 2.45) is 0 Å². The molecule has 0 aliphatic heterocycles. The van der Waals surface area contributed by atoms with Gasteiger partial charge in [-0.3, -0.25) is 4.98 Å². The summed E-state index contributed by atoms with van der Waals surface area (Å²) in [6.07, 6.45) is 0. The lowest BCUT2D eigenvalue weighted by atomic mass is 10.2. The summed E-state index contributed by atoms with van der Waals surface area (Å²) >= 11 is 0. The first kappa shape index (κ1) is 13.5. The van der Waals surface area contributed by atoms with E-state index >= 15 is 0 Å². The Kier molecular flexibility index (Phi) is 5.43. The molecule has 0 saturated carbocycles. The van der Waals surface area contributed by atoms with Crippen molar-refractivity contribution in [1.29, 1.82) is 0 Å². The number of methoxy groups -OCH3 is 1. The Morgan fingerprint density at radius 3 is 2.59 bits per heavy atom. The number of nitrogens with zero attached hydrogens (tertiary/aromatic N) is 1. The van der Waals surface area contributed by atoms with Crippen LogP contribution in [-0.4, -0.2) is 19.1 Å². The van der Waals surface area contributed by atoms with E-state index in [2.05, 4.69) is 16.4 Å². The minimum absolute atomic E-state index is 0.794. The van der Waals surface area contributed by atoms with Crippen molar-refractivity contribution >= 4 is 10.9 Å². The molecule has 0 bridgehead atoms. The molecule has 0 saturated heterocycles. The normalized spacial score (nSPS) is 9.65. The molecule has 0 unspecified atom stereocenters. The van der Waals surface area contributed by atoms with Gasteiger partial charge in [0.25, 0.3) is 0 Å². The molecule has 3 heteroatoms. The monoisotopic (exact) mass is 232 g/mol. The lowest BCUT2D eigenvalue weighted by Crippen LogP contribution is -2.06. The van der Waals surface area contributed by atoms with E-state index in [4.69, 9.17) is 4.74 Å². The molecule has 0 atom stereocenters. The quantitative estimate of drug-likeness (QED) is 0.883. The average Bonchev–Trinajstić information content (AvgIpc) is 2.41. The summed E-state index contributed by atoms with van der Waals surface area (Å²) in [6, 6.07) is 9.99. The summed E-state index contributed by atoms with van der Waals surface area (Å²) in [5.74, 6) is 0.866. The molecule has 2 rings (SSSR count). The van der Waals surface area contributed by atoms with Crippen LogP contribution in [0.3, 0.4) is 0 Å². The van der Waals surface area contributed by atoms with Gasteiger partial charge in [-0.25, -0.2) is 0 Å². The van der Waals surface area contributed by atoms with Gasteiger partial charge < -0.3 is 10.1 Å². The van der Waals surface area contributed by atoms with Crippen molar-refractivity contribution in [3.8, 4) is 5.75 Å². The lowest BCUT2D eigenvalue weighted by Gasteiger charge is -2.04. The molecule has 1 N–H and O–H groups in total. The molecule has 17 heavy (non-hydrogen) atoms. The van der Waals surface area contributed by atoms with Crippen LogP contribution in [0.15, 0.2) is 30.3 Å². The second-order valence-corrected chi connectivity index (χ2v) is 3.39. The SMILES string of the molecule is CC.CNCc1ccc2cc(OC)ccc2n1. The maximum absolute atomic E-state index is 5.16. The average molecular weight is 232 g/mol. The van der Waals surface area contributed by atoms with E-state index in [0.29, 0.717) is 0 Å². The first-order valence-electron chi connectivity index (χ1n) is 5.92. The molecule has 92 valence electrons. The minimum atomic E-state index is 0.794. The highest BCUT2D eigenvalue weighted by Gasteiger charge is 1.99. The van der Waals surface area contributed by atoms with Crippen LogP contribution in [0.4, 0.5) is 0 Å². The number of benzene rings is 1. The third-order valence-electron chi connectivity index (χ3n) is 2.31. The van der Waals surface area contributed by atoms with Crippen molar-refractivity contribution in [1.82, 2.24) is 10.3 Å². The number of hydrogen-bond acceptors (Lipinski definition) is 3. The summed E-state index contributed by atoms with van der Waals surface area (Å²) in [6.45, 7) is 4.79. The zero-order valence-electron chi connectivity index (χ0n) is 10.9. The Bertz CT molecular complexity index is 469. The Labute approximate surface area is 103 Å². The van der Waals surface area contributed by atoms with Crippen LogP contribution in [0.1, 0.15) is 19.5 Å². The van der Waals surface area contributed by atoms with Crippen LogP contribution in [0.2, 0.25) is 0 Å². The van der Waals surface area contributed by atoms with Gasteiger partial charge in [0.2, 0.25) is 0 Å². The maximum atomic E-state index is 5.16. The predicted molar refractivity (Wildman–Crippen MR) is 72.4 cm³/mol. The van der Waals surface area contributed by atoms with Crippen LogP contribution in [0.25, 0.3) is 10.9 Å². The molecule has 2 aromatic rings. The van der Waals surface area contributed by atoms with E-state index in [1.54, 1.807) is 7.11 Å². The van der Waals surface area contributed by atoms with Crippen LogP contribution < -0.4 is 10.1 Å². The highest BCUT2D eigenvalue weighted by atomic mass is 16.5. The lowest BCUT2D eigenvalue weighted by molar-refractivity contribution is 0.415. The summed E-state index contributed by atoms with van der Waals surface area (Å²) in [5, 5.41) is 4.19. The molecule has 0 fully saturated rings. The van der Waals surface area contributed by atoms with Crippen molar-refractivity contribution in [2.45, 2.75) is 20.4 Å². The smallest absolute Gasteiger partial charge is 0.119 e. The van der Waals surface area contributed by atoms with Crippen LogP contribution >= 0.6 is 0 Å². The summed E-state index contributed by atoms with van der Waals surface area (Å²) in [7, 11) is 3.59. The zero-order valence-corrected chi connectivity index (χ0v) is 10.9. The van der Waals surface area contributed by atoms with Gasteiger partial charge in [0, 0.05) is 11.9 Å². The second kappa shape index (κ2) is 6.86. The van der Waals surface area contributed by atoms with E-state index in [1.165, 1.54) is 0 Å². The number of fused-ring (bicyclic) bond motifs is 1. The Morgan fingerprint density at radius 2 is 1.94 bits per heavy atom. The summed E-state index contributed by atoms with van der Waals surface area (Å²) < 4.78 is 5.16. The number of aromatic nitrogens is 1. The van der Waals surface area contributed by atoms with Gasteiger partial charge in [-0.1, -0.05) is 19.9 Å². The van der Waals surface area contributed by atoms with E-state index in [0.717, 1.165) is 28.9 Å². The van der Waals surface area contributed by atoms with Gasteiger partial charge in [-0.05, 0) is 31.3 Å². The molecular formula is C14H20N2O. The fourth-order valence-corrected chi connectivity index (χ4v) is 1.55. The largest absolute Gasteiger partial charge is 0.497 e. The topological polar surface area (TPSA) is 34.1 Å². The van der Waals surface area contributed by atoms with Crippen molar-refractivity contribution in [3.05, 3.63) is 36.0 Å². The fraction of sp³-hybridized carbons (Fsp3) is 0.357. The Hall–Kier alpha value is -1.61. The van der Waals surface area contributed by atoms with Crippen LogP contribution in [0.5, 0.6) is 5.75 Å². The van der Waals surface area contributed by atoms with Gasteiger partial charge in [0.15, 0.2) is 0 Å². The molecule has 0 amide bonds. The zero-order chi connectivity index (χ0) is 12.7. The van der Waals surface area contributed by atoms with Crippen molar-refractivity contribution in [2.75, 3.05) is 14.2 Å². The molecule has 1 aromatic carbocycles. The standard InChI is InChI=1S/C12H14N2O.C2H6/c1-13-8-10-4-3-9-7-11(15-2)5-6-12(9)14-10;1-2/h3-7,13H,8H2,1-2H3;1-2H3. The predicted octanol–water partition coefficient (Wildman–Crippen LogP) is 2.99. The number of nitrogens with one attached hydrogen (secondary N) is 1. The molecular weight excluding hydrogens is 212 g/mol. The molecule has 0 aliphatic rings. The maximum Gasteiger partial charge on any atom is 0.119 e. The van der Waals surface area contributed by atoms with E-state index in [-0.39, 0.29) is 0 Å². The summed E-state index contributed by atoms with van der Waals surface area (Å²) in [4.78, 5) is 4.52. The van der Waals surface area contributed by atoms with Crippen LogP contribution in [-0.2, 0) is 6.54 Å².